The number of carbonyl (C=O) groups is 1. The maximum Gasteiger partial charge on any atom is 0.413 e. The maximum absolute atomic E-state index is 11.4. The lowest BCUT2D eigenvalue weighted by Gasteiger charge is -2.22. The third kappa shape index (κ3) is 3.96. The molecule has 1 heterocycles. The highest BCUT2D eigenvalue weighted by Gasteiger charge is 2.21. The van der Waals surface area contributed by atoms with Gasteiger partial charge in [0.2, 0.25) is 0 Å². The minimum atomic E-state index is -1.19. The Labute approximate surface area is 136 Å². The van der Waals surface area contributed by atoms with Gasteiger partial charge in [-0.3, -0.25) is 4.90 Å². The average molecular weight is 367 g/mol. The molecule has 0 radical (unpaired) electrons. The fraction of sp³-hybridized carbons (Fsp3) is 0.200. The molecule has 0 bridgehead atoms. The summed E-state index contributed by atoms with van der Waals surface area (Å²) in [7, 11) is 1.53. The van der Waals surface area contributed by atoms with Crippen LogP contribution in [0.3, 0.4) is 0 Å². The highest BCUT2D eigenvalue weighted by Crippen LogP contribution is 2.22. The minimum Gasteiger partial charge on any atom is -0.497 e. The molecule has 0 aliphatic rings. The normalized spacial score (nSPS) is 11.8. The Hall–Kier alpha value is -2.12. The van der Waals surface area contributed by atoms with Crippen molar-refractivity contribution < 1.29 is 19.7 Å². The molecule has 0 aliphatic heterocycles. The zero-order valence-corrected chi connectivity index (χ0v) is 13.4. The molecule has 1 aromatic heterocycles. The van der Waals surface area contributed by atoms with Crippen molar-refractivity contribution in [1.82, 2.24) is 4.98 Å². The number of aliphatic hydroxyl groups is 1. The number of hydrogen-bond acceptors (Lipinski definition) is 4. The predicted molar refractivity (Wildman–Crippen MR) is 85.3 cm³/mol. The van der Waals surface area contributed by atoms with E-state index in [-0.39, 0.29) is 12.4 Å². The summed E-state index contributed by atoms with van der Waals surface area (Å²) in [5.41, 5.74) is 0.570. The Morgan fingerprint density at radius 1 is 1.36 bits per heavy atom. The lowest BCUT2D eigenvalue weighted by Crippen LogP contribution is -2.34. The monoisotopic (exact) mass is 366 g/mol. The summed E-state index contributed by atoms with van der Waals surface area (Å²) < 4.78 is 5.62. The van der Waals surface area contributed by atoms with E-state index in [1.54, 1.807) is 42.5 Å². The summed E-state index contributed by atoms with van der Waals surface area (Å²) >= 11 is 3.20. The third-order valence-corrected chi connectivity index (χ3v) is 3.48. The molecule has 0 unspecified atom stereocenters. The number of nitrogens with zero attached hydrogens (tertiary/aromatic N) is 2. The largest absolute Gasteiger partial charge is 0.497 e. The van der Waals surface area contributed by atoms with Crippen molar-refractivity contribution in [2.45, 2.75) is 6.10 Å². The van der Waals surface area contributed by atoms with Gasteiger partial charge in [-0.25, -0.2) is 9.78 Å². The second kappa shape index (κ2) is 7.24. The summed E-state index contributed by atoms with van der Waals surface area (Å²) in [5.74, 6) is 0.836. The molecule has 0 spiro atoms. The Kier molecular flexibility index (Phi) is 5.35. The van der Waals surface area contributed by atoms with E-state index in [4.69, 9.17) is 4.74 Å². The van der Waals surface area contributed by atoms with Gasteiger partial charge < -0.3 is 14.9 Å². The van der Waals surface area contributed by atoms with Gasteiger partial charge in [0.1, 0.15) is 16.2 Å². The van der Waals surface area contributed by atoms with Crippen molar-refractivity contribution in [3.8, 4) is 5.75 Å². The van der Waals surface area contributed by atoms with Crippen LogP contribution in [-0.4, -0.2) is 34.9 Å². The number of ether oxygens (including phenoxy) is 1. The van der Waals surface area contributed by atoms with Crippen molar-refractivity contribution in [2.24, 2.45) is 0 Å². The zero-order chi connectivity index (χ0) is 16.1. The van der Waals surface area contributed by atoms with Gasteiger partial charge in [0.05, 0.1) is 19.8 Å². The molecular formula is C15H15BrN2O4. The highest BCUT2D eigenvalue weighted by molar-refractivity contribution is 9.10. The van der Waals surface area contributed by atoms with E-state index in [1.165, 1.54) is 7.11 Å². The van der Waals surface area contributed by atoms with E-state index < -0.39 is 12.2 Å². The first-order chi connectivity index (χ1) is 10.5. The zero-order valence-electron chi connectivity index (χ0n) is 11.8. The lowest BCUT2D eigenvalue weighted by molar-refractivity contribution is 0.169. The molecule has 116 valence electrons. The van der Waals surface area contributed by atoms with Crippen molar-refractivity contribution in [3.05, 3.63) is 52.6 Å². The third-order valence-electron chi connectivity index (χ3n) is 3.04. The number of carboxylic acid groups (broad SMARTS) is 1. The average Bonchev–Trinajstić information content (AvgIpc) is 2.52. The van der Waals surface area contributed by atoms with Crippen LogP contribution in [-0.2, 0) is 0 Å². The van der Waals surface area contributed by atoms with E-state index in [9.17, 15) is 15.0 Å². The summed E-state index contributed by atoms with van der Waals surface area (Å²) in [6.07, 6.45) is -2.18. The number of benzene rings is 1. The summed E-state index contributed by atoms with van der Waals surface area (Å²) in [5, 5.41) is 19.6. The van der Waals surface area contributed by atoms with Gasteiger partial charge in [0, 0.05) is 0 Å². The molecule has 2 aromatic rings. The van der Waals surface area contributed by atoms with Gasteiger partial charge >= 0.3 is 6.09 Å². The number of aromatic nitrogens is 1. The SMILES string of the molecule is COc1cccc([C@@H](O)CN(C(=O)O)c2cccc(Br)n2)c1. The molecule has 0 saturated heterocycles. The number of halogens is 1. The first kappa shape index (κ1) is 16.3. The molecule has 1 aromatic carbocycles. The summed E-state index contributed by atoms with van der Waals surface area (Å²) in [6, 6.07) is 11.8. The van der Waals surface area contributed by atoms with E-state index in [1.807, 2.05) is 0 Å². The van der Waals surface area contributed by atoms with E-state index >= 15 is 0 Å². The molecule has 1 atom stereocenters. The Balaban J connectivity index is 2.22. The number of amides is 1. The molecule has 0 aliphatic carbocycles. The fourth-order valence-electron chi connectivity index (χ4n) is 1.94. The van der Waals surface area contributed by atoms with Crippen molar-refractivity contribution in [3.63, 3.8) is 0 Å². The van der Waals surface area contributed by atoms with Crippen molar-refractivity contribution >= 4 is 27.8 Å². The molecule has 1 amide bonds. The topological polar surface area (TPSA) is 82.9 Å². The van der Waals surface area contributed by atoms with Gasteiger partial charge in [-0.15, -0.1) is 0 Å². The van der Waals surface area contributed by atoms with Crippen molar-refractivity contribution in [1.29, 1.82) is 0 Å². The molecular weight excluding hydrogens is 352 g/mol. The standard InChI is InChI=1S/C15H15BrN2O4/c1-22-11-5-2-4-10(8-11)12(19)9-18(15(20)21)14-7-3-6-13(16)17-14/h2-8,12,19H,9H2,1H3,(H,20,21)/t12-/m0/s1. The maximum atomic E-state index is 11.4. The van der Waals surface area contributed by atoms with Crippen LogP contribution in [0.2, 0.25) is 0 Å². The number of pyridine rings is 1. The molecule has 22 heavy (non-hydrogen) atoms. The molecule has 7 heteroatoms. The van der Waals surface area contributed by atoms with Gasteiger partial charge in [-0.2, -0.15) is 0 Å². The fourth-order valence-corrected chi connectivity index (χ4v) is 2.28. The first-order valence-electron chi connectivity index (χ1n) is 6.46. The Bertz CT molecular complexity index is 665. The van der Waals surface area contributed by atoms with E-state index in [2.05, 4.69) is 20.9 Å². The van der Waals surface area contributed by atoms with Gasteiger partial charge in [0.15, 0.2) is 0 Å². The molecule has 6 nitrogen and oxygen atoms in total. The molecule has 2 rings (SSSR count). The van der Waals surface area contributed by atoms with E-state index in [0.29, 0.717) is 15.9 Å². The highest BCUT2D eigenvalue weighted by atomic mass is 79.9. The molecule has 2 N–H and O–H groups in total. The number of hydrogen-bond donors (Lipinski definition) is 2. The predicted octanol–water partition coefficient (Wildman–Crippen LogP) is 3.07. The Morgan fingerprint density at radius 3 is 2.73 bits per heavy atom. The number of methoxy groups -OCH3 is 1. The van der Waals surface area contributed by atoms with Crippen molar-refractivity contribution in [2.75, 3.05) is 18.6 Å². The van der Waals surface area contributed by atoms with Crippen LogP contribution in [0.25, 0.3) is 0 Å². The number of rotatable bonds is 5. The quantitative estimate of drug-likeness (QED) is 0.794. The number of aliphatic hydroxyl groups excluding tert-OH is 1. The second-order valence-electron chi connectivity index (χ2n) is 4.50. The van der Waals surface area contributed by atoms with Crippen LogP contribution in [0.1, 0.15) is 11.7 Å². The summed E-state index contributed by atoms with van der Waals surface area (Å²) in [6.45, 7) is -0.133. The lowest BCUT2D eigenvalue weighted by atomic mass is 10.1. The first-order valence-corrected chi connectivity index (χ1v) is 7.25. The van der Waals surface area contributed by atoms with E-state index in [0.717, 1.165) is 4.90 Å². The second-order valence-corrected chi connectivity index (χ2v) is 5.32. The number of anilines is 1. The van der Waals surface area contributed by atoms with Crippen LogP contribution < -0.4 is 9.64 Å². The van der Waals surface area contributed by atoms with Crippen LogP contribution in [0.5, 0.6) is 5.75 Å². The Morgan fingerprint density at radius 2 is 2.09 bits per heavy atom. The molecule has 0 saturated carbocycles. The smallest absolute Gasteiger partial charge is 0.413 e. The minimum absolute atomic E-state index is 0.133. The van der Waals surface area contributed by atoms with Crippen LogP contribution in [0.4, 0.5) is 10.6 Å². The van der Waals surface area contributed by atoms with Crippen LogP contribution in [0.15, 0.2) is 47.1 Å². The molecule has 0 fully saturated rings. The van der Waals surface area contributed by atoms with Gasteiger partial charge in [-0.05, 0) is 45.8 Å². The van der Waals surface area contributed by atoms with Crippen LogP contribution >= 0.6 is 15.9 Å². The summed E-state index contributed by atoms with van der Waals surface area (Å²) in [4.78, 5) is 16.5. The van der Waals surface area contributed by atoms with Gasteiger partial charge in [0.25, 0.3) is 0 Å². The van der Waals surface area contributed by atoms with Gasteiger partial charge in [-0.1, -0.05) is 18.2 Å². The van der Waals surface area contributed by atoms with Crippen LogP contribution in [0, 0.1) is 0 Å².